The lowest BCUT2D eigenvalue weighted by molar-refractivity contribution is -0.0807. The van der Waals surface area contributed by atoms with Crippen molar-refractivity contribution in [2.75, 3.05) is 13.1 Å². The molecule has 0 aromatic rings. The zero-order chi connectivity index (χ0) is 8.55. The second-order valence-corrected chi connectivity index (χ2v) is 4.07. The molecule has 2 aliphatic rings. The summed E-state index contributed by atoms with van der Waals surface area (Å²) in [5, 5.41) is 3.25. The van der Waals surface area contributed by atoms with Gasteiger partial charge >= 0.3 is 0 Å². The zero-order valence-corrected chi connectivity index (χ0v) is 7.75. The van der Waals surface area contributed by atoms with Gasteiger partial charge in [-0.15, -0.1) is 0 Å². The van der Waals surface area contributed by atoms with E-state index in [1.807, 2.05) is 0 Å². The van der Waals surface area contributed by atoms with Crippen molar-refractivity contribution in [3.63, 3.8) is 0 Å². The average Bonchev–Trinajstić information content (AvgIpc) is 2.43. The molecule has 3 nitrogen and oxygen atoms in total. The first-order valence-corrected chi connectivity index (χ1v) is 4.77. The zero-order valence-electron chi connectivity index (χ0n) is 7.75. The molecule has 2 aliphatic heterocycles. The van der Waals surface area contributed by atoms with Gasteiger partial charge in [-0.05, 0) is 5.92 Å². The summed E-state index contributed by atoms with van der Waals surface area (Å²) >= 11 is 0. The summed E-state index contributed by atoms with van der Waals surface area (Å²) < 4.78 is 11.4. The summed E-state index contributed by atoms with van der Waals surface area (Å²) in [6.45, 7) is 6.30. The van der Waals surface area contributed by atoms with Crippen LogP contribution in [0.5, 0.6) is 0 Å². The van der Waals surface area contributed by atoms with Crippen molar-refractivity contribution < 1.29 is 9.47 Å². The van der Waals surface area contributed by atoms with Crippen molar-refractivity contribution >= 4 is 0 Å². The van der Waals surface area contributed by atoms with Crippen LogP contribution in [0, 0.1) is 5.92 Å². The average molecular weight is 171 g/mol. The molecule has 0 saturated carbocycles. The van der Waals surface area contributed by atoms with Gasteiger partial charge in [-0.1, -0.05) is 13.8 Å². The smallest absolute Gasteiger partial charge is 0.158 e. The normalized spacial score (nSPS) is 40.8. The van der Waals surface area contributed by atoms with Crippen LogP contribution in [0.15, 0.2) is 0 Å². The summed E-state index contributed by atoms with van der Waals surface area (Å²) in [6, 6.07) is 0. The number of rotatable bonds is 2. The fourth-order valence-corrected chi connectivity index (χ4v) is 1.82. The Balaban J connectivity index is 1.82. The van der Waals surface area contributed by atoms with Gasteiger partial charge in [0.15, 0.2) is 6.29 Å². The van der Waals surface area contributed by atoms with Crippen LogP contribution in [0.3, 0.4) is 0 Å². The highest BCUT2D eigenvalue weighted by atomic mass is 16.7. The lowest BCUT2D eigenvalue weighted by Gasteiger charge is -2.13. The van der Waals surface area contributed by atoms with Gasteiger partial charge in [0.25, 0.3) is 0 Å². The summed E-state index contributed by atoms with van der Waals surface area (Å²) in [6.07, 6.45) is 1.71. The van der Waals surface area contributed by atoms with Gasteiger partial charge in [-0.3, -0.25) is 0 Å². The first kappa shape index (κ1) is 8.48. The lowest BCUT2D eigenvalue weighted by atomic mass is 10.1. The molecule has 12 heavy (non-hydrogen) atoms. The highest BCUT2D eigenvalue weighted by Crippen LogP contribution is 2.25. The van der Waals surface area contributed by atoms with Crippen LogP contribution in [0.1, 0.15) is 20.3 Å². The highest BCUT2D eigenvalue weighted by molar-refractivity contribution is 4.87. The Morgan fingerprint density at radius 3 is 2.33 bits per heavy atom. The first-order chi connectivity index (χ1) is 5.75. The van der Waals surface area contributed by atoms with Crippen molar-refractivity contribution in [1.29, 1.82) is 0 Å². The van der Waals surface area contributed by atoms with E-state index in [4.69, 9.17) is 9.47 Å². The Bertz CT molecular complexity index is 149. The molecule has 0 radical (unpaired) electrons. The van der Waals surface area contributed by atoms with Crippen molar-refractivity contribution in [3.8, 4) is 0 Å². The van der Waals surface area contributed by atoms with Gasteiger partial charge in [0.1, 0.15) is 12.2 Å². The predicted molar refractivity (Wildman–Crippen MR) is 45.9 cm³/mol. The molecule has 0 aromatic carbocycles. The van der Waals surface area contributed by atoms with Crippen LogP contribution in [0.25, 0.3) is 0 Å². The van der Waals surface area contributed by atoms with Gasteiger partial charge in [0.05, 0.1) is 0 Å². The molecular formula is C9H17NO2. The van der Waals surface area contributed by atoms with Crippen molar-refractivity contribution in [2.24, 2.45) is 5.92 Å². The Labute approximate surface area is 73.4 Å². The van der Waals surface area contributed by atoms with E-state index in [2.05, 4.69) is 19.2 Å². The molecule has 0 aromatic heterocycles. The predicted octanol–water partition coefficient (Wildman–Crippen LogP) is 0.746. The van der Waals surface area contributed by atoms with Crippen LogP contribution >= 0.6 is 0 Å². The summed E-state index contributed by atoms with van der Waals surface area (Å²) in [7, 11) is 0. The third-order valence-electron chi connectivity index (χ3n) is 2.42. The molecule has 2 saturated heterocycles. The SMILES string of the molecule is CC(C)CC1OC2CNCC2O1. The molecule has 3 heteroatoms. The lowest BCUT2D eigenvalue weighted by Crippen LogP contribution is -2.20. The van der Waals surface area contributed by atoms with E-state index in [9.17, 15) is 0 Å². The minimum atomic E-state index is 0.0575. The molecule has 0 spiro atoms. The van der Waals surface area contributed by atoms with Crippen LogP contribution in [0.2, 0.25) is 0 Å². The number of nitrogens with one attached hydrogen (secondary N) is 1. The van der Waals surface area contributed by atoms with E-state index in [-0.39, 0.29) is 6.29 Å². The molecule has 2 rings (SSSR count). The maximum absolute atomic E-state index is 5.71. The quantitative estimate of drug-likeness (QED) is 0.665. The summed E-state index contributed by atoms with van der Waals surface area (Å²) in [5.74, 6) is 0.654. The van der Waals surface area contributed by atoms with Gasteiger partial charge < -0.3 is 14.8 Å². The molecule has 2 fully saturated rings. The molecule has 0 aliphatic carbocycles. The Hall–Kier alpha value is -0.120. The molecule has 0 amide bonds. The summed E-state index contributed by atoms with van der Waals surface area (Å²) in [5.41, 5.74) is 0. The second-order valence-electron chi connectivity index (χ2n) is 4.07. The van der Waals surface area contributed by atoms with Crippen LogP contribution in [-0.2, 0) is 9.47 Å². The number of hydrogen-bond acceptors (Lipinski definition) is 3. The standard InChI is InChI=1S/C9H17NO2/c1-6(2)3-9-11-7-4-10-5-8(7)12-9/h6-10H,3-5H2,1-2H3. The van der Waals surface area contributed by atoms with Crippen molar-refractivity contribution in [2.45, 2.75) is 38.8 Å². The molecule has 70 valence electrons. The number of ether oxygens (including phenoxy) is 2. The largest absolute Gasteiger partial charge is 0.345 e. The van der Waals surface area contributed by atoms with E-state index in [0.717, 1.165) is 19.5 Å². The Morgan fingerprint density at radius 1 is 1.25 bits per heavy atom. The molecular weight excluding hydrogens is 154 g/mol. The number of fused-ring (bicyclic) bond motifs is 1. The minimum Gasteiger partial charge on any atom is -0.345 e. The molecule has 1 N–H and O–H groups in total. The maximum Gasteiger partial charge on any atom is 0.158 e. The summed E-state index contributed by atoms with van der Waals surface area (Å²) in [4.78, 5) is 0. The molecule has 0 bridgehead atoms. The molecule has 2 unspecified atom stereocenters. The molecule has 2 heterocycles. The van der Waals surface area contributed by atoms with Crippen LogP contribution < -0.4 is 5.32 Å². The van der Waals surface area contributed by atoms with E-state index in [1.54, 1.807) is 0 Å². The van der Waals surface area contributed by atoms with E-state index in [1.165, 1.54) is 0 Å². The van der Waals surface area contributed by atoms with Crippen molar-refractivity contribution in [1.82, 2.24) is 5.32 Å². The fraction of sp³-hybridized carbons (Fsp3) is 1.00. The Morgan fingerprint density at radius 2 is 1.83 bits per heavy atom. The highest BCUT2D eigenvalue weighted by Gasteiger charge is 2.39. The third kappa shape index (κ3) is 1.63. The first-order valence-electron chi connectivity index (χ1n) is 4.77. The van der Waals surface area contributed by atoms with Gasteiger partial charge in [0.2, 0.25) is 0 Å². The number of hydrogen-bond donors (Lipinski definition) is 1. The topological polar surface area (TPSA) is 30.5 Å². The maximum atomic E-state index is 5.71. The second kappa shape index (κ2) is 3.32. The van der Waals surface area contributed by atoms with Gasteiger partial charge in [-0.2, -0.15) is 0 Å². The van der Waals surface area contributed by atoms with Crippen LogP contribution in [0.4, 0.5) is 0 Å². The Kier molecular flexibility index (Phi) is 2.35. The van der Waals surface area contributed by atoms with Gasteiger partial charge in [-0.25, -0.2) is 0 Å². The van der Waals surface area contributed by atoms with Crippen molar-refractivity contribution in [3.05, 3.63) is 0 Å². The van der Waals surface area contributed by atoms with Crippen LogP contribution in [-0.4, -0.2) is 31.6 Å². The van der Waals surface area contributed by atoms with E-state index < -0.39 is 0 Å². The minimum absolute atomic E-state index is 0.0575. The monoisotopic (exact) mass is 171 g/mol. The third-order valence-corrected chi connectivity index (χ3v) is 2.42. The van der Waals surface area contributed by atoms with E-state index >= 15 is 0 Å². The molecule has 2 atom stereocenters. The fourth-order valence-electron chi connectivity index (χ4n) is 1.82. The van der Waals surface area contributed by atoms with Gasteiger partial charge in [0, 0.05) is 19.5 Å². The van der Waals surface area contributed by atoms with E-state index in [0.29, 0.717) is 18.1 Å².